The summed E-state index contributed by atoms with van der Waals surface area (Å²) in [4.78, 5) is 11.7. The lowest BCUT2D eigenvalue weighted by Crippen LogP contribution is -2.31. The second-order valence-corrected chi connectivity index (χ2v) is 4.51. The van der Waals surface area contributed by atoms with Crippen LogP contribution in [-0.2, 0) is 9.53 Å². The molecular formula is C12H15ClN2O3S. The molecule has 0 aliphatic heterocycles. The molecule has 19 heavy (non-hydrogen) atoms. The molecular weight excluding hydrogens is 288 g/mol. The van der Waals surface area contributed by atoms with E-state index >= 15 is 0 Å². The van der Waals surface area contributed by atoms with Crippen molar-refractivity contribution >= 4 is 34.7 Å². The largest absolute Gasteiger partial charge is 0.483 e. The summed E-state index contributed by atoms with van der Waals surface area (Å²) < 4.78 is 10.2. The van der Waals surface area contributed by atoms with Crippen LogP contribution in [0.5, 0.6) is 5.75 Å². The van der Waals surface area contributed by atoms with Crippen molar-refractivity contribution < 1.29 is 14.3 Å². The van der Waals surface area contributed by atoms with Crippen LogP contribution in [0.1, 0.15) is 5.56 Å². The van der Waals surface area contributed by atoms with Crippen molar-refractivity contribution in [1.82, 2.24) is 5.32 Å². The van der Waals surface area contributed by atoms with Gasteiger partial charge in [-0.1, -0.05) is 23.8 Å². The second kappa shape index (κ2) is 7.93. The van der Waals surface area contributed by atoms with Crippen LogP contribution in [0, 0.1) is 0 Å². The van der Waals surface area contributed by atoms with Crippen molar-refractivity contribution in [3.63, 3.8) is 0 Å². The first kappa shape index (κ1) is 15.7. The van der Waals surface area contributed by atoms with E-state index < -0.39 is 0 Å². The van der Waals surface area contributed by atoms with Crippen LogP contribution >= 0.6 is 23.8 Å². The number of carbonyl (C=O) groups excluding carboxylic acids is 1. The maximum Gasteiger partial charge on any atom is 0.258 e. The number of hydrogen-bond acceptors (Lipinski definition) is 4. The van der Waals surface area contributed by atoms with Crippen molar-refractivity contribution in [2.45, 2.75) is 0 Å². The highest BCUT2D eigenvalue weighted by atomic mass is 35.5. The Labute approximate surface area is 122 Å². The molecule has 7 heteroatoms. The van der Waals surface area contributed by atoms with Gasteiger partial charge in [-0.05, 0) is 18.2 Å². The Morgan fingerprint density at radius 3 is 2.89 bits per heavy atom. The molecule has 5 nitrogen and oxygen atoms in total. The van der Waals surface area contributed by atoms with Crippen molar-refractivity contribution in [3.05, 3.63) is 28.8 Å². The Morgan fingerprint density at radius 1 is 1.53 bits per heavy atom. The van der Waals surface area contributed by atoms with Crippen molar-refractivity contribution in [3.8, 4) is 5.75 Å². The van der Waals surface area contributed by atoms with E-state index in [0.29, 0.717) is 29.5 Å². The number of amides is 1. The maximum absolute atomic E-state index is 11.5. The van der Waals surface area contributed by atoms with E-state index in [4.69, 9.17) is 39.0 Å². The van der Waals surface area contributed by atoms with Gasteiger partial charge in [-0.3, -0.25) is 4.79 Å². The number of carbonyl (C=O) groups is 1. The summed E-state index contributed by atoms with van der Waals surface area (Å²) in [6.45, 7) is 0.733. The lowest BCUT2D eigenvalue weighted by Gasteiger charge is -2.11. The number of halogens is 1. The van der Waals surface area contributed by atoms with Gasteiger partial charge in [0.1, 0.15) is 10.7 Å². The molecule has 104 valence electrons. The number of thiocarbonyl (C=S) groups is 1. The fourth-order valence-electron chi connectivity index (χ4n) is 1.31. The third-order valence-corrected chi connectivity index (χ3v) is 2.65. The summed E-state index contributed by atoms with van der Waals surface area (Å²) in [6.07, 6.45) is 0. The van der Waals surface area contributed by atoms with E-state index in [1.807, 2.05) is 0 Å². The highest BCUT2D eigenvalue weighted by molar-refractivity contribution is 7.80. The first-order valence-corrected chi connectivity index (χ1v) is 6.31. The fourth-order valence-corrected chi connectivity index (χ4v) is 1.64. The normalized spacial score (nSPS) is 10.0. The van der Waals surface area contributed by atoms with E-state index in [1.165, 1.54) is 0 Å². The Morgan fingerprint density at radius 2 is 2.26 bits per heavy atom. The predicted molar refractivity (Wildman–Crippen MR) is 77.7 cm³/mol. The predicted octanol–water partition coefficient (Wildman–Crippen LogP) is 1.12. The number of benzene rings is 1. The number of nitrogens with one attached hydrogen (secondary N) is 1. The Balaban J connectivity index is 2.59. The van der Waals surface area contributed by atoms with Crippen LogP contribution < -0.4 is 15.8 Å². The van der Waals surface area contributed by atoms with Gasteiger partial charge in [0.15, 0.2) is 6.61 Å². The molecule has 0 aromatic heterocycles. The minimum absolute atomic E-state index is 0.139. The minimum Gasteiger partial charge on any atom is -0.483 e. The molecule has 3 N–H and O–H groups in total. The molecule has 1 amide bonds. The molecule has 0 fully saturated rings. The van der Waals surface area contributed by atoms with Crippen LogP contribution in [0.15, 0.2) is 18.2 Å². The average Bonchev–Trinajstić information content (AvgIpc) is 2.36. The highest BCUT2D eigenvalue weighted by Crippen LogP contribution is 2.23. The van der Waals surface area contributed by atoms with E-state index in [1.54, 1.807) is 25.3 Å². The zero-order valence-electron chi connectivity index (χ0n) is 10.4. The van der Waals surface area contributed by atoms with Crippen LogP contribution in [0.25, 0.3) is 0 Å². The van der Waals surface area contributed by atoms with E-state index in [-0.39, 0.29) is 17.5 Å². The standard InChI is InChI=1S/C12H15ClN2O3S/c1-17-5-4-15-11(16)7-18-10-6-8(13)2-3-9(10)12(14)19/h2-3,6H,4-5,7H2,1H3,(H2,14,19)(H,15,16). The molecule has 0 unspecified atom stereocenters. The highest BCUT2D eigenvalue weighted by Gasteiger charge is 2.09. The van der Waals surface area contributed by atoms with Gasteiger partial charge in [-0.2, -0.15) is 0 Å². The average molecular weight is 303 g/mol. The van der Waals surface area contributed by atoms with Gasteiger partial charge < -0.3 is 20.5 Å². The third-order valence-electron chi connectivity index (χ3n) is 2.20. The van der Waals surface area contributed by atoms with E-state index in [2.05, 4.69) is 5.32 Å². The summed E-state index contributed by atoms with van der Waals surface area (Å²) in [7, 11) is 1.56. The minimum atomic E-state index is -0.258. The number of rotatable bonds is 7. The maximum atomic E-state index is 11.5. The van der Waals surface area contributed by atoms with Crippen LogP contribution in [0.3, 0.4) is 0 Å². The molecule has 0 spiro atoms. The molecule has 1 aromatic rings. The van der Waals surface area contributed by atoms with Gasteiger partial charge in [0.2, 0.25) is 0 Å². The molecule has 1 aromatic carbocycles. The third kappa shape index (κ3) is 5.42. The zero-order chi connectivity index (χ0) is 14.3. The molecule has 0 saturated heterocycles. The summed E-state index contributed by atoms with van der Waals surface area (Å²) in [6, 6.07) is 4.88. The fraction of sp³-hybridized carbons (Fsp3) is 0.333. The van der Waals surface area contributed by atoms with Gasteiger partial charge in [0, 0.05) is 18.7 Å². The van der Waals surface area contributed by atoms with Crippen LogP contribution in [0.4, 0.5) is 0 Å². The smallest absolute Gasteiger partial charge is 0.258 e. The first-order chi connectivity index (χ1) is 9.04. The number of nitrogens with two attached hydrogens (primary N) is 1. The first-order valence-electron chi connectivity index (χ1n) is 5.52. The second-order valence-electron chi connectivity index (χ2n) is 3.64. The Hall–Kier alpha value is -1.37. The van der Waals surface area contributed by atoms with Crippen LogP contribution in [0.2, 0.25) is 5.02 Å². The van der Waals surface area contributed by atoms with Crippen molar-refractivity contribution in [2.75, 3.05) is 26.9 Å². The van der Waals surface area contributed by atoms with Gasteiger partial charge in [0.25, 0.3) is 5.91 Å². The molecule has 0 bridgehead atoms. The zero-order valence-corrected chi connectivity index (χ0v) is 12.0. The van der Waals surface area contributed by atoms with E-state index in [9.17, 15) is 4.79 Å². The molecule has 0 atom stereocenters. The topological polar surface area (TPSA) is 73.6 Å². The van der Waals surface area contributed by atoms with Gasteiger partial charge >= 0.3 is 0 Å². The monoisotopic (exact) mass is 302 g/mol. The van der Waals surface area contributed by atoms with E-state index in [0.717, 1.165) is 0 Å². The van der Waals surface area contributed by atoms with Gasteiger partial charge in [0.05, 0.1) is 12.2 Å². The summed E-state index contributed by atoms with van der Waals surface area (Å²) in [5.74, 6) is 0.132. The number of ether oxygens (including phenoxy) is 2. The molecule has 0 saturated carbocycles. The molecule has 0 radical (unpaired) electrons. The lowest BCUT2D eigenvalue weighted by molar-refractivity contribution is -0.123. The lowest BCUT2D eigenvalue weighted by atomic mass is 10.2. The number of hydrogen-bond donors (Lipinski definition) is 2. The molecule has 0 aliphatic carbocycles. The summed E-state index contributed by atoms with van der Waals surface area (Å²) in [5.41, 5.74) is 6.11. The van der Waals surface area contributed by atoms with Crippen LogP contribution in [-0.4, -0.2) is 37.8 Å². The molecule has 1 rings (SSSR count). The summed E-state index contributed by atoms with van der Waals surface area (Å²) in [5, 5.41) is 3.11. The molecule has 0 aliphatic rings. The Bertz CT molecular complexity index is 468. The SMILES string of the molecule is COCCNC(=O)COc1cc(Cl)ccc1C(N)=S. The van der Waals surface area contributed by atoms with Crippen molar-refractivity contribution in [1.29, 1.82) is 0 Å². The van der Waals surface area contributed by atoms with Crippen molar-refractivity contribution in [2.24, 2.45) is 5.73 Å². The molecule has 0 heterocycles. The quantitative estimate of drug-likeness (QED) is 0.583. The summed E-state index contributed by atoms with van der Waals surface area (Å²) >= 11 is 10.8. The van der Waals surface area contributed by atoms with Gasteiger partial charge in [-0.15, -0.1) is 0 Å². The van der Waals surface area contributed by atoms with Gasteiger partial charge in [-0.25, -0.2) is 0 Å². The number of methoxy groups -OCH3 is 1. The Kier molecular flexibility index (Phi) is 6.55.